The van der Waals surface area contributed by atoms with Crippen molar-refractivity contribution in [2.45, 2.75) is 33.1 Å². The van der Waals surface area contributed by atoms with Crippen molar-refractivity contribution in [3.63, 3.8) is 0 Å². The van der Waals surface area contributed by atoms with Gasteiger partial charge in [-0.25, -0.2) is 0 Å². The molecule has 1 aromatic heterocycles. The number of fused-ring (bicyclic) bond motifs is 1. The van der Waals surface area contributed by atoms with E-state index in [1.54, 1.807) is 6.08 Å². The fourth-order valence-corrected chi connectivity index (χ4v) is 2.43. The summed E-state index contributed by atoms with van der Waals surface area (Å²) in [5.74, 6) is -0.308. The van der Waals surface area contributed by atoms with Gasteiger partial charge in [-0.1, -0.05) is 38.5 Å². The molecular weight excluding hydrogens is 274 g/mol. The fourth-order valence-electron chi connectivity index (χ4n) is 2.43. The van der Waals surface area contributed by atoms with E-state index in [0.717, 1.165) is 35.7 Å². The van der Waals surface area contributed by atoms with Gasteiger partial charge in [0.25, 0.3) is 5.91 Å². The lowest BCUT2D eigenvalue weighted by atomic mass is 10.1. The zero-order chi connectivity index (χ0) is 15.9. The predicted molar refractivity (Wildman–Crippen MR) is 89.2 cm³/mol. The second-order valence-electron chi connectivity index (χ2n) is 5.22. The van der Waals surface area contributed by atoms with Crippen molar-refractivity contribution in [1.29, 1.82) is 5.26 Å². The van der Waals surface area contributed by atoms with Gasteiger partial charge in [0, 0.05) is 29.2 Å². The number of benzene rings is 1. The number of H-pyrrole nitrogens is 1. The van der Waals surface area contributed by atoms with Gasteiger partial charge in [0.15, 0.2) is 0 Å². The van der Waals surface area contributed by atoms with E-state index >= 15 is 0 Å². The number of nitriles is 1. The molecule has 1 aromatic carbocycles. The Morgan fingerprint density at radius 2 is 2.23 bits per heavy atom. The zero-order valence-corrected chi connectivity index (χ0v) is 13.1. The number of aromatic nitrogens is 1. The van der Waals surface area contributed by atoms with Gasteiger partial charge in [0.1, 0.15) is 11.6 Å². The van der Waals surface area contributed by atoms with Crippen molar-refractivity contribution >= 4 is 22.9 Å². The summed E-state index contributed by atoms with van der Waals surface area (Å²) in [5.41, 5.74) is 3.30. The van der Waals surface area contributed by atoms with Crippen LogP contribution in [0.1, 0.15) is 37.8 Å². The van der Waals surface area contributed by atoms with Gasteiger partial charge in [-0.3, -0.25) is 4.79 Å². The van der Waals surface area contributed by atoms with Gasteiger partial charge in [-0.05, 0) is 24.5 Å². The lowest BCUT2D eigenvalue weighted by molar-refractivity contribution is -0.117. The van der Waals surface area contributed by atoms with E-state index in [0.29, 0.717) is 6.54 Å². The summed E-state index contributed by atoms with van der Waals surface area (Å²) >= 11 is 0. The van der Waals surface area contributed by atoms with E-state index in [9.17, 15) is 10.1 Å². The minimum atomic E-state index is -0.308. The van der Waals surface area contributed by atoms with Crippen LogP contribution in [0.2, 0.25) is 0 Å². The van der Waals surface area contributed by atoms with Crippen molar-refractivity contribution < 1.29 is 4.79 Å². The van der Waals surface area contributed by atoms with Crippen molar-refractivity contribution in [2.24, 2.45) is 0 Å². The lowest BCUT2D eigenvalue weighted by Gasteiger charge is -2.03. The Balaban J connectivity index is 2.31. The monoisotopic (exact) mass is 295 g/mol. The van der Waals surface area contributed by atoms with Crippen molar-refractivity contribution in [1.82, 2.24) is 10.3 Å². The van der Waals surface area contributed by atoms with E-state index in [2.05, 4.69) is 30.2 Å². The lowest BCUT2D eigenvalue weighted by Crippen LogP contribution is -2.25. The SMILES string of the molecule is CCCCNC(=O)/C(C#N)=C/c1c[nH]c2c(CC)cccc12. The van der Waals surface area contributed by atoms with Crippen LogP contribution in [0.15, 0.2) is 30.0 Å². The van der Waals surface area contributed by atoms with Crippen molar-refractivity contribution in [2.75, 3.05) is 6.54 Å². The molecule has 22 heavy (non-hydrogen) atoms. The smallest absolute Gasteiger partial charge is 0.261 e. The summed E-state index contributed by atoms with van der Waals surface area (Å²) in [6.07, 6.45) is 6.36. The molecule has 4 heteroatoms. The average molecular weight is 295 g/mol. The van der Waals surface area contributed by atoms with Gasteiger partial charge in [-0.15, -0.1) is 0 Å². The number of nitrogens with zero attached hydrogens (tertiary/aromatic N) is 1. The maximum absolute atomic E-state index is 12.0. The minimum Gasteiger partial charge on any atom is -0.360 e. The third-order valence-corrected chi connectivity index (χ3v) is 3.70. The quantitative estimate of drug-likeness (QED) is 0.486. The van der Waals surface area contributed by atoms with E-state index in [1.165, 1.54) is 5.56 Å². The van der Waals surface area contributed by atoms with Gasteiger partial charge < -0.3 is 10.3 Å². The number of amides is 1. The van der Waals surface area contributed by atoms with E-state index in [4.69, 9.17) is 0 Å². The number of hydrogen-bond donors (Lipinski definition) is 2. The Morgan fingerprint density at radius 3 is 2.91 bits per heavy atom. The standard InChI is InChI=1S/C18H21N3O/c1-3-5-9-20-18(22)14(11-19)10-15-12-21-17-13(4-2)7-6-8-16(15)17/h6-8,10,12,21H,3-5,9H2,1-2H3,(H,20,22)/b14-10+. The Morgan fingerprint density at radius 1 is 1.41 bits per heavy atom. The topological polar surface area (TPSA) is 68.7 Å². The molecule has 0 unspecified atom stereocenters. The Bertz CT molecular complexity index is 734. The molecule has 0 aliphatic rings. The summed E-state index contributed by atoms with van der Waals surface area (Å²) in [6.45, 7) is 4.76. The number of aromatic amines is 1. The summed E-state index contributed by atoms with van der Waals surface area (Å²) in [6, 6.07) is 8.07. The highest BCUT2D eigenvalue weighted by molar-refractivity contribution is 6.04. The predicted octanol–water partition coefficient (Wildman–Crippen LogP) is 3.55. The molecule has 0 fully saturated rings. The van der Waals surface area contributed by atoms with Crippen LogP contribution < -0.4 is 5.32 Å². The molecule has 2 rings (SSSR count). The Labute approximate surface area is 130 Å². The number of rotatable bonds is 6. The number of carbonyl (C=O) groups is 1. The maximum atomic E-state index is 12.0. The number of hydrogen-bond acceptors (Lipinski definition) is 2. The number of nitrogens with one attached hydrogen (secondary N) is 2. The third kappa shape index (κ3) is 3.37. The van der Waals surface area contributed by atoms with E-state index in [1.807, 2.05) is 24.4 Å². The first-order chi connectivity index (χ1) is 10.7. The number of para-hydroxylation sites is 1. The van der Waals surface area contributed by atoms with Crippen LogP contribution in [0.4, 0.5) is 0 Å². The molecule has 0 atom stereocenters. The van der Waals surface area contributed by atoms with Gasteiger partial charge >= 0.3 is 0 Å². The molecule has 114 valence electrons. The summed E-state index contributed by atoms with van der Waals surface area (Å²) in [7, 11) is 0. The maximum Gasteiger partial charge on any atom is 0.261 e. The molecule has 0 saturated carbocycles. The molecule has 0 saturated heterocycles. The molecule has 1 heterocycles. The molecule has 0 spiro atoms. The molecule has 2 aromatic rings. The van der Waals surface area contributed by atoms with Crippen LogP contribution in [0.3, 0.4) is 0 Å². The van der Waals surface area contributed by atoms with Crippen LogP contribution in [-0.4, -0.2) is 17.4 Å². The zero-order valence-electron chi connectivity index (χ0n) is 13.1. The summed E-state index contributed by atoms with van der Waals surface area (Å²) < 4.78 is 0. The van der Waals surface area contributed by atoms with E-state index in [-0.39, 0.29) is 11.5 Å². The molecule has 1 amide bonds. The number of unbranched alkanes of at least 4 members (excludes halogenated alkanes) is 1. The fraction of sp³-hybridized carbons (Fsp3) is 0.333. The minimum absolute atomic E-state index is 0.138. The second-order valence-corrected chi connectivity index (χ2v) is 5.22. The summed E-state index contributed by atoms with van der Waals surface area (Å²) in [4.78, 5) is 15.3. The molecule has 2 N–H and O–H groups in total. The summed E-state index contributed by atoms with van der Waals surface area (Å²) in [5, 5.41) is 13.0. The van der Waals surface area contributed by atoms with Crippen molar-refractivity contribution in [3.05, 3.63) is 41.1 Å². The van der Waals surface area contributed by atoms with Crippen LogP contribution in [-0.2, 0) is 11.2 Å². The first kappa shape index (κ1) is 15.8. The largest absolute Gasteiger partial charge is 0.360 e. The average Bonchev–Trinajstić information content (AvgIpc) is 2.95. The van der Waals surface area contributed by atoms with Gasteiger partial charge in [0.2, 0.25) is 0 Å². The molecule has 0 radical (unpaired) electrons. The first-order valence-electron chi connectivity index (χ1n) is 7.70. The first-order valence-corrected chi connectivity index (χ1v) is 7.70. The van der Waals surface area contributed by atoms with Crippen LogP contribution in [0, 0.1) is 11.3 Å². The molecule has 0 bridgehead atoms. The highest BCUT2D eigenvalue weighted by atomic mass is 16.1. The number of carbonyl (C=O) groups excluding carboxylic acids is 1. The van der Waals surface area contributed by atoms with Crippen LogP contribution >= 0.6 is 0 Å². The highest BCUT2D eigenvalue weighted by Gasteiger charge is 2.11. The Hall–Kier alpha value is -2.54. The van der Waals surface area contributed by atoms with E-state index < -0.39 is 0 Å². The molecular formula is C18H21N3O. The third-order valence-electron chi connectivity index (χ3n) is 3.70. The second kappa shape index (κ2) is 7.46. The molecule has 0 aliphatic heterocycles. The highest BCUT2D eigenvalue weighted by Crippen LogP contribution is 2.24. The normalized spacial score (nSPS) is 11.4. The van der Waals surface area contributed by atoms with Crippen LogP contribution in [0.5, 0.6) is 0 Å². The number of aryl methyl sites for hydroxylation is 1. The molecule has 4 nitrogen and oxygen atoms in total. The molecule has 0 aliphatic carbocycles. The van der Waals surface area contributed by atoms with Crippen molar-refractivity contribution in [3.8, 4) is 6.07 Å². The van der Waals surface area contributed by atoms with Gasteiger partial charge in [0.05, 0.1) is 0 Å². The Kier molecular flexibility index (Phi) is 5.37. The van der Waals surface area contributed by atoms with Gasteiger partial charge in [-0.2, -0.15) is 5.26 Å². The van der Waals surface area contributed by atoms with Crippen LogP contribution in [0.25, 0.3) is 17.0 Å².